The fourth-order valence-corrected chi connectivity index (χ4v) is 13.0. The van der Waals surface area contributed by atoms with Crippen LogP contribution in [0.4, 0.5) is 0 Å². The van der Waals surface area contributed by atoms with Gasteiger partial charge >= 0.3 is 39.5 Å². The Bertz CT molecular complexity index is 1850. The van der Waals surface area contributed by atoms with Gasteiger partial charge in [-0.3, -0.25) is 37.3 Å². The number of carbonyl (C=O) groups is 4. The van der Waals surface area contributed by atoms with Crippen molar-refractivity contribution < 1.29 is 80.2 Å². The summed E-state index contributed by atoms with van der Waals surface area (Å²) in [6, 6.07) is 0. The van der Waals surface area contributed by atoms with Gasteiger partial charge in [-0.05, 0) is 49.4 Å². The van der Waals surface area contributed by atoms with E-state index in [1.165, 1.54) is 173 Å². The lowest BCUT2D eigenvalue weighted by molar-refractivity contribution is -0.161. The first kappa shape index (κ1) is 92.1. The lowest BCUT2D eigenvalue weighted by Gasteiger charge is -2.21. The summed E-state index contributed by atoms with van der Waals surface area (Å²) in [5.41, 5.74) is 0. The summed E-state index contributed by atoms with van der Waals surface area (Å²) in [6.45, 7) is 14.1. The number of ether oxygens (including phenoxy) is 4. The minimum absolute atomic E-state index is 0.104. The zero-order valence-electron chi connectivity index (χ0n) is 61.6. The summed E-state index contributed by atoms with van der Waals surface area (Å²) in [5, 5.41) is 10.6. The van der Waals surface area contributed by atoms with Gasteiger partial charge in [-0.2, -0.15) is 0 Å². The average molecular weight is 1380 g/mol. The highest BCUT2D eigenvalue weighted by atomic mass is 31.2. The molecule has 0 aromatic carbocycles. The number of rotatable bonds is 72. The zero-order chi connectivity index (χ0) is 69.6. The van der Waals surface area contributed by atoms with Gasteiger partial charge < -0.3 is 33.8 Å². The minimum atomic E-state index is -4.96. The third-order valence-electron chi connectivity index (χ3n) is 17.3. The monoisotopic (exact) mass is 1380 g/mol. The molecule has 558 valence electrons. The summed E-state index contributed by atoms with van der Waals surface area (Å²) in [5.74, 6) is 0.863. The molecule has 19 heteroatoms. The van der Waals surface area contributed by atoms with Crippen molar-refractivity contribution in [3.05, 3.63) is 0 Å². The van der Waals surface area contributed by atoms with E-state index in [1.807, 2.05) is 0 Å². The number of unbranched alkanes of at least 4 members (excludes halogenated alkanes) is 38. The molecule has 0 rings (SSSR count). The van der Waals surface area contributed by atoms with Gasteiger partial charge in [-0.1, -0.05) is 325 Å². The molecule has 0 spiro atoms. The van der Waals surface area contributed by atoms with Crippen molar-refractivity contribution in [2.75, 3.05) is 39.6 Å². The summed E-state index contributed by atoms with van der Waals surface area (Å²) >= 11 is 0. The van der Waals surface area contributed by atoms with E-state index >= 15 is 0 Å². The van der Waals surface area contributed by atoms with Gasteiger partial charge in [0.25, 0.3) is 0 Å². The number of aliphatic hydroxyl groups is 1. The van der Waals surface area contributed by atoms with E-state index in [2.05, 4.69) is 55.4 Å². The SMILES string of the molecule is CC(C)CCCCCCCCCCCCCCCCCCCCC(=O)O[C@H](COC(=O)CCCCCCCCCC(C)C)COP(=O)(O)OCC(O)COP(=O)(O)OC[C@@H](COC(=O)CCCCCCCCCCC(C)C)OC(=O)CCCCCCCCCCCC(C)C. The van der Waals surface area contributed by atoms with Crippen LogP contribution in [0.25, 0.3) is 0 Å². The summed E-state index contributed by atoms with van der Waals surface area (Å²) in [7, 11) is -9.91. The number of esters is 4. The van der Waals surface area contributed by atoms with E-state index in [1.54, 1.807) is 0 Å². The van der Waals surface area contributed by atoms with E-state index in [0.29, 0.717) is 31.6 Å². The molecule has 5 atom stereocenters. The van der Waals surface area contributed by atoms with Crippen molar-refractivity contribution in [3.63, 3.8) is 0 Å². The predicted octanol–water partition coefficient (Wildman–Crippen LogP) is 21.7. The standard InChI is InChI=1S/C75H146O17P2/c1-65(2)51-43-35-27-20-17-15-13-11-9-10-12-14-16-18-22-32-41-49-57-74(79)91-71(62-86-73(78)56-48-40-34-26-30-38-46-54-68(7)8)64-90-94(83,84)88-60-69(76)59-87-93(81,82)89-63-70(61-85-72(77)55-47-39-31-25-24-29-37-45-53-67(5)6)92-75(80)58-50-42-33-23-19-21-28-36-44-52-66(3)4/h65-71,76H,9-64H2,1-8H3,(H,81,82)(H,83,84)/t69?,70-,71-/m1/s1. The molecule has 0 bridgehead atoms. The lowest BCUT2D eigenvalue weighted by atomic mass is 10.0. The van der Waals surface area contributed by atoms with Crippen molar-refractivity contribution in [1.82, 2.24) is 0 Å². The summed E-state index contributed by atoms with van der Waals surface area (Å²) in [6.07, 6.45) is 48.8. The molecular formula is C75H146O17P2. The van der Waals surface area contributed by atoms with Gasteiger partial charge in [0.05, 0.1) is 26.4 Å². The van der Waals surface area contributed by atoms with Crippen LogP contribution in [0, 0.1) is 23.7 Å². The molecule has 0 radical (unpaired) electrons. The van der Waals surface area contributed by atoms with Crippen LogP contribution in [0.3, 0.4) is 0 Å². The highest BCUT2D eigenvalue weighted by molar-refractivity contribution is 7.47. The number of phosphoric ester groups is 2. The van der Waals surface area contributed by atoms with Crippen LogP contribution in [0.5, 0.6) is 0 Å². The topological polar surface area (TPSA) is 237 Å². The third kappa shape index (κ3) is 68.6. The van der Waals surface area contributed by atoms with Gasteiger partial charge in [0, 0.05) is 25.7 Å². The van der Waals surface area contributed by atoms with E-state index in [4.69, 9.17) is 37.0 Å². The van der Waals surface area contributed by atoms with Gasteiger partial charge in [0.2, 0.25) is 0 Å². The number of hydrogen-bond donors (Lipinski definition) is 3. The van der Waals surface area contributed by atoms with Crippen molar-refractivity contribution in [1.29, 1.82) is 0 Å². The van der Waals surface area contributed by atoms with Crippen molar-refractivity contribution >= 4 is 39.5 Å². The third-order valence-corrected chi connectivity index (χ3v) is 19.2. The summed E-state index contributed by atoms with van der Waals surface area (Å²) in [4.78, 5) is 72.7. The van der Waals surface area contributed by atoms with Crippen molar-refractivity contribution in [2.24, 2.45) is 23.7 Å². The molecule has 0 aliphatic carbocycles. The van der Waals surface area contributed by atoms with E-state index < -0.39 is 97.5 Å². The molecule has 3 unspecified atom stereocenters. The smallest absolute Gasteiger partial charge is 0.462 e. The van der Waals surface area contributed by atoms with E-state index in [-0.39, 0.29) is 25.7 Å². The van der Waals surface area contributed by atoms with Gasteiger partial charge in [0.1, 0.15) is 19.3 Å². The fraction of sp³-hybridized carbons (Fsp3) is 0.947. The molecule has 0 aliphatic rings. The number of hydrogen-bond acceptors (Lipinski definition) is 15. The first-order valence-corrected chi connectivity index (χ1v) is 41.7. The largest absolute Gasteiger partial charge is 0.472 e. The Morgan fingerprint density at radius 1 is 0.266 bits per heavy atom. The molecule has 0 heterocycles. The van der Waals surface area contributed by atoms with E-state index in [0.717, 1.165) is 114 Å². The van der Waals surface area contributed by atoms with Crippen LogP contribution < -0.4 is 0 Å². The Kier molecular flexibility index (Phi) is 63.1. The van der Waals surface area contributed by atoms with Crippen LogP contribution in [-0.4, -0.2) is 96.7 Å². The Hall–Kier alpha value is -1.94. The van der Waals surface area contributed by atoms with Crippen molar-refractivity contribution in [3.8, 4) is 0 Å². The minimum Gasteiger partial charge on any atom is -0.462 e. The maximum absolute atomic E-state index is 13.1. The maximum atomic E-state index is 13.1. The van der Waals surface area contributed by atoms with Crippen LogP contribution >= 0.6 is 15.6 Å². The molecule has 0 aromatic rings. The molecule has 0 aromatic heterocycles. The highest BCUT2D eigenvalue weighted by Gasteiger charge is 2.30. The second-order valence-electron chi connectivity index (χ2n) is 28.9. The van der Waals surface area contributed by atoms with E-state index in [9.17, 15) is 43.2 Å². The summed E-state index contributed by atoms with van der Waals surface area (Å²) < 4.78 is 68.4. The van der Waals surface area contributed by atoms with Gasteiger partial charge in [0.15, 0.2) is 12.2 Å². The van der Waals surface area contributed by atoms with Crippen LogP contribution in [0.2, 0.25) is 0 Å². The molecule has 94 heavy (non-hydrogen) atoms. The Morgan fingerprint density at radius 3 is 0.660 bits per heavy atom. The van der Waals surface area contributed by atoms with Crippen LogP contribution in [0.15, 0.2) is 0 Å². The normalized spacial score (nSPS) is 14.2. The highest BCUT2D eigenvalue weighted by Crippen LogP contribution is 2.45. The Balaban J connectivity index is 5.18. The first-order chi connectivity index (χ1) is 45.1. The molecule has 0 fully saturated rings. The van der Waals surface area contributed by atoms with Crippen molar-refractivity contribution in [2.45, 2.75) is 395 Å². The second-order valence-corrected chi connectivity index (χ2v) is 31.9. The number of phosphoric acid groups is 2. The molecule has 17 nitrogen and oxygen atoms in total. The molecule has 0 saturated carbocycles. The van der Waals surface area contributed by atoms with Crippen LogP contribution in [-0.2, 0) is 65.4 Å². The number of carbonyl (C=O) groups excluding carboxylic acids is 4. The predicted molar refractivity (Wildman–Crippen MR) is 381 cm³/mol. The van der Waals surface area contributed by atoms with Gasteiger partial charge in [-0.25, -0.2) is 9.13 Å². The zero-order valence-corrected chi connectivity index (χ0v) is 63.4. The molecular weight excluding hydrogens is 1230 g/mol. The van der Waals surface area contributed by atoms with Crippen LogP contribution in [0.1, 0.15) is 376 Å². The lowest BCUT2D eigenvalue weighted by Crippen LogP contribution is -2.30. The molecule has 0 aliphatic heterocycles. The van der Waals surface area contributed by atoms with Gasteiger partial charge in [-0.15, -0.1) is 0 Å². The molecule has 3 N–H and O–H groups in total. The maximum Gasteiger partial charge on any atom is 0.472 e. The average Bonchev–Trinajstić information content (AvgIpc) is 3.73. The quantitative estimate of drug-likeness (QED) is 0.0222. The number of aliphatic hydroxyl groups excluding tert-OH is 1. The fourth-order valence-electron chi connectivity index (χ4n) is 11.4. The Labute approximate surface area is 575 Å². The Morgan fingerprint density at radius 2 is 0.447 bits per heavy atom. The molecule has 0 saturated heterocycles. The molecule has 0 amide bonds. The second kappa shape index (κ2) is 64.4. The first-order valence-electron chi connectivity index (χ1n) is 38.7.